The Bertz CT molecular complexity index is 498. The Morgan fingerprint density at radius 2 is 2.00 bits per heavy atom. The van der Waals surface area contributed by atoms with E-state index in [9.17, 15) is 9.59 Å². The van der Waals surface area contributed by atoms with Gasteiger partial charge in [0.1, 0.15) is 6.61 Å². The number of amides is 2. The fourth-order valence-corrected chi connectivity index (χ4v) is 3.31. The van der Waals surface area contributed by atoms with Gasteiger partial charge >= 0.3 is 6.09 Å². The molecule has 1 aromatic heterocycles. The van der Waals surface area contributed by atoms with Crippen molar-refractivity contribution in [3.63, 3.8) is 0 Å². The fraction of sp³-hybridized carbons (Fsp3) is 0.571. The number of cyclic esters (lactones) is 1. The molecule has 0 aromatic carbocycles. The quantitative estimate of drug-likeness (QED) is 0.831. The Kier molecular flexibility index (Phi) is 4.40. The van der Waals surface area contributed by atoms with Gasteiger partial charge in [-0.2, -0.15) is 0 Å². The second-order valence-electron chi connectivity index (χ2n) is 5.21. The monoisotopic (exact) mass is 309 g/mol. The van der Waals surface area contributed by atoms with E-state index in [1.54, 1.807) is 4.90 Å². The Hall–Kier alpha value is -1.60. The van der Waals surface area contributed by atoms with Crippen LogP contribution in [0.5, 0.6) is 0 Å². The van der Waals surface area contributed by atoms with Gasteiger partial charge in [0.2, 0.25) is 0 Å². The minimum atomic E-state index is -0.207. The molecule has 0 radical (unpaired) electrons. The molecule has 0 atom stereocenters. The van der Waals surface area contributed by atoms with Crippen LogP contribution in [-0.4, -0.2) is 79.1 Å². The summed E-state index contributed by atoms with van der Waals surface area (Å²) >= 11 is 1.49. The van der Waals surface area contributed by atoms with E-state index in [2.05, 4.69) is 4.90 Å². The lowest BCUT2D eigenvalue weighted by Gasteiger charge is -2.35. The van der Waals surface area contributed by atoms with Crippen molar-refractivity contribution in [3.05, 3.63) is 22.4 Å². The summed E-state index contributed by atoms with van der Waals surface area (Å²) in [5.74, 6) is 0.132. The third-order valence-corrected chi connectivity index (χ3v) is 4.78. The van der Waals surface area contributed by atoms with Crippen molar-refractivity contribution in [3.8, 4) is 0 Å². The minimum Gasteiger partial charge on any atom is -0.448 e. The van der Waals surface area contributed by atoms with E-state index in [-0.39, 0.29) is 12.0 Å². The molecule has 2 fully saturated rings. The van der Waals surface area contributed by atoms with Gasteiger partial charge in [-0.1, -0.05) is 6.07 Å². The van der Waals surface area contributed by atoms with E-state index in [4.69, 9.17) is 4.74 Å². The van der Waals surface area contributed by atoms with Crippen LogP contribution in [0.15, 0.2) is 17.5 Å². The van der Waals surface area contributed by atoms with Gasteiger partial charge in [0.05, 0.1) is 11.4 Å². The van der Waals surface area contributed by atoms with Crippen molar-refractivity contribution in [2.75, 3.05) is 52.4 Å². The first-order chi connectivity index (χ1) is 10.2. The summed E-state index contributed by atoms with van der Waals surface area (Å²) in [4.78, 5) is 30.3. The molecule has 2 saturated heterocycles. The molecule has 6 nitrogen and oxygen atoms in total. The molecule has 7 heteroatoms. The number of carbonyl (C=O) groups is 2. The molecule has 114 valence electrons. The van der Waals surface area contributed by atoms with Crippen LogP contribution >= 0.6 is 11.3 Å². The molecule has 2 aliphatic rings. The Labute approximate surface area is 127 Å². The third kappa shape index (κ3) is 3.36. The molecular weight excluding hydrogens is 290 g/mol. The molecule has 2 amide bonds. The van der Waals surface area contributed by atoms with Crippen molar-refractivity contribution < 1.29 is 14.3 Å². The zero-order chi connectivity index (χ0) is 14.7. The predicted molar refractivity (Wildman–Crippen MR) is 79.6 cm³/mol. The van der Waals surface area contributed by atoms with E-state index in [0.717, 1.165) is 37.6 Å². The first-order valence-corrected chi connectivity index (χ1v) is 8.09. The Morgan fingerprint density at radius 3 is 2.62 bits per heavy atom. The summed E-state index contributed by atoms with van der Waals surface area (Å²) in [7, 11) is 0. The van der Waals surface area contributed by atoms with Crippen molar-refractivity contribution in [1.82, 2.24) is 14.7 Å². The lowest BCUT2D eigenvalue weighted by Crippen LogP contribution is -2.50. The standard InChI is InChI=1S/C14H19N3O3S/c18-13(12-2-1-11-21-12)16-6-3-15(4-7-16)5-8-17-9-10-20-14(17)19/h1-2,11H,3-10H2. The van der Waals surface area contributed by atoms with Crippen LogP contribution in [0.3, 0.4) is 0 Å². The molecule has 3 heterocycles. The first kappa shape index (κ1) is 14.3. The topological polar surface area (TPSA) is 53.1 Å². The maximum Gasteiger partial charge on any atom is 0.409 e. The van der Waals surface area contributed by atoms with Crippen molar-refractivity contribution in [2.24, 2.45) is 0 Å². The van der Waals surface area contributed by atoms with Gasteiger partial charge in [-0.15, -0.1) is 11.3 Å². The lowest BCUT2D eigenvalue weighted by atomic mass is 10.3. The molecule has 0 unspecified atom stereocenters. The summed E-state index contributed by atoms with van der Waals surface area (Å²) < 4.78 is 4.91. The third-order valence-electron chi connectivity index (χ3n) is 3.92. The number of rotatable bonds is 4. The highest BCUT2D eigenvalue weighted by Crippen LogP contribution is 2.14. The number of thiophene rings is 1. The van der Waals surface area contributed by atoms with Crippen molar-refractivity contribution in [2.45, 2.75) is 0 Å². The fourth-order valence-electron chi connectivity index (χ4n) is 2.62. The Morgan fingerprint density at radius 1 is 1.19 bits per heavy atom. The van der Waals surface area contributed by atoms with Gasteiger partial charge in [-0.3, -0.25) is 9.69 Å². The lowest BCUT2D eigenvalue weighted by molar-refractivity contribution is 0.0634. The summed E-state index contributed by atoms with van der Waals surface area (Å²) in [6, 6.07) is 3.78. The normalized spacial score (nSPS) is 19.9. The van der Waals surface area contributed by atoms with Gasteiger partial charge < -0.3 is 14.5 Å². The molecule has 0 saturated carbocycles. The van der Waals surface area contributed by atoms with Crippen LogP contribution in [0.2, 0.25) is 0 Å². The van der Waals surface area contributed by atoms with Crippen LogP contribution in [-0.2, 0) is 4.74 Å². The number of hydrogen-bond donors (Lipinski definition) is 0. The van der Waals surface area contributed by atoms with Crippen LogP contribution in [0, 0.1) is 0 Å². The van der Waals surface area contributed by atoms with Gasteiger partial charge in [-0.05, 0) is 11.4 Å². The maximum absolute atomic E-state index is 12.2. The van der Waals surface area contributed by atoms with Crippen LogP contribution in [0.4, 0.5) is 4.79 Å². The van der Waals surface area contributed by atoms with Gasteiger partial charge in [0.15, 0.2) is 0 Å². The highest BCUT2D eigenvalue weighted by molar-refractivity contribution is 7.12. The molecule has 21 heavy (non-hydrogen) atoms. The highest BCUT2D eigenvalue weighted by Gasteiger charge is 2.25. The van der Waals surface area contributed by atoms with Gasteiger partial charge in [0.25, 0.3) is 5.91 Å². The Balaban J connectivity index is 1.43. The smallest absolute Gasteiger partial charge is 0.409 e. The highest BCUT2D eigenvalue weighted by atomic mass is 32.1. The van der Waals surface area contributed by atoms with E-state index >= 15 is 0 Å². The maximum atomic E-state index is 12.2. The van der Waals surface area contributed by atoms with E-state index < -0.39 is 0 Å². The largest absolute Gasteiger partial charge is 0.448 e. The zero-order valence-corrected chi connectivity index (χ0v) is 12.7. The van der Waals surface area contributed by atoms with Crippen LogP contribution in [0.25, 0.3) is 0 Å². The van der Waals surface area contributed by atoms with Gasteiger partial charge in [-0.25, -0.2) is 4.79 Å². The first-order valence-electron chi connectivity index (χ1n) is 7.21. The summed E-state index contributed by atoms with van der Waals surface area (Å²) in [5.41, 5.74) is 0. The molecular formula is C14H19N3O3S. The van der Waals surface area contributed by atoms with E-state index in [1.165, 1.54) is 11.3 Å². The van der Waals surface area contributed by atoms with Crippen LogP contribution < -0.4 is 0 Å². The minimum absolute atomic E-state index is 0.132. The molecule has 0 bridgehead atoms. The average Bonchev–Trinajstić information content (AvgIpc) is 3.17. The van der Waals surface area contributed by atoms with Crippen molar-refractivity contribution >= 4 is 23.3 Å². The molecule has 0 aliphatic carbocycles. The summed E-state index contributed by atoms with van der Waals surface area (Å²) in [6.07, 6.45) is -0.207. The molecule has 0 N–H and O–H groups in total. The zero-order valence-electron chi connectivity index (χ0n) is 11.9. The van der Waals surface area contributed by atoms with Gasteiger partial charge in [0, 0.05) is 39.3 Å². The summed E-state index contributed by atoms with van der Waals surface area (Å²) in [6.45, 7) is 5.97. The molecule has 2 aliphatic heterocycles. The SMILES string of the molecule is O=C1OCCN1CCN1CCN(C(=O)c2cccs2)CC1. The average molecular weight is 309 g/mol. The number of nitrogens with zero attached hydrogens (tertiary/aromatic N) is 3. The predicted octanol–water partition coefficient (Wildman–Crippen LogP) is 0.958. The number of ether oxygens (including phenoxy) is 1. The number of hydrogen-bond acceptors (Lipinski definition) is 5. The second kappa shape index (κ2) is 6.44. The number of piperazine rings is 1. The summed E-state index contributed by atoms with van der Waals surface area (Å²) in [5, 5.41) is 1.93. The van der Waals surface area contributed by atoms with Crippen molar-refractivity contribution in [1.29, 1.82) is 0 Å². The van der Waals surface area contributed by atoms with E-state index in [0.29, 0.717) is 19.7 Å². The van der Waals surface area contributed by atoms with Crippen LogP contribution in [0.1, 0.15) is 9.67 Å². The second-order valence-corrected chi connectivity index (χ2v) is 6.16. The number of carbonyl (C=O) groups excluding carboxylic acids is 2. The molecule has 3 rings (SSSR count). The van der Waals surface area contributed by atoms with E-state index in [1.807, 2.05) is 22.4 Å². The molecule has 1 aromatic rings. The molecule has 0 spiro atoms.